The molecule has 126 valence electrons. The van der Waals surface area contributed by atoms with Gasteiger partial charge in [0.25, 0.3) is 10.2 Å². The molecule has 0 aliphatic carbocycles. The minimum atomic E-state index is -3.58. The van der Waals surface area contributed by atoms with Crippen LogP contribution in [0.4, 0.5) is 5.69 Å². The zero-order valence-electron chi connectivity index (χ0n) is 13.1. The molecule has 2 aromatic rings. The highest BCUT2D eigenvalue weighted by Gasteiger charge is 2.21. The van der Waals surface area contributed by atoms with Crippen molar-refractivity contribution in [3.05, 3.63) is 18.5 Å². The predicted octanol–water partition coefficient (Wildman–Crippen LogP) is 0.368. The average Bonchev–Trinajstić information content (AvgIpc) is 2.89. The summed E-state index contributed by atoms with van der Waals surface area (Å²) in [6.45, 7) is 2.31. The van der Waals surface area contributed by atoms with Crippen LogP contribution < -0.4 is 14.8 Å². The molecule has 0 spiro atoms. The second-order valence-electron chi connectivity index (χ2n) is 5.99. The van der Waals surface area contributed by atoms with Gasteiger partial charge >= 0.3 is 0 Å². The van der Waals surface area contributed by atoms with Crippen molar-refractivity contribution in [3.8, 4) is 0 Å². The third-order valence-electron chi connectivity index (χ3n) is 4.42. The Morgan fingerprint density at radius 3 is 2.83 bits per heavy atom. The highest BCUT2D eigenvalue weighted by Crippen LogP contribution is 2.29. The first kappa shape index (κ1) is 16.2. The molecule has 3 rings (SSSR count). The Morgan fingerprint density at radius 1 is 1.39 bits per heavy atom. The van der Waals surface area contributed by atoms with Crippen molar-refractivity contribution >= 4 is 26.9 Å². The lowest BCUT2D eigenvalue weighted by molar-refractivity contribution is 0.382. The molecule has 3 N–H and O–H groups in total. The third-order valence-corrected chi connectivity index (χ3v) is 5.03. The summed E-state index contributed by atoms with van der Waals surface area (Å²) in [5.41, 5.74) is 2.06. The van der Waals surface area contributed by atoms with Crippen LogP contribution in [0.15, 0.2) is 18.5 Å². The van der Waals surface area contributed by atoms with Gasteiger partial charge in [-0.15, -0.1) is 0 Å². The Hall–Kier alpha value is -1.71. The van der Waals surface area contributed by atoms with E-state index in [1.807, 2.05) is 25.5 Å². The minimum absolute atomic E-state index is 0.408. The summed E-state index contributed by atoms with van der Waals surface area (Å²) in [6.07, 6.45) is 6.58. The quantitative estimate of drug-likeness (QED) is 0.819. The van der Waals surface area contributed by atoms with Gasteiger partial charge in [-0.2, -0.15) is 13.5 Å². The van der Waals surface area contributed by atoms with Gasteiger partial charge in [0.1, 0.15) is 0 Å². The van der Waals surface area contributed by atoms with Crippen LogP contribution in [-0.2, 0) is 17.3 Å². The van der Waals surface area contributed by atoms with Crippen LogP contribution in [0.3, 0.4) is 0 Å². The molecular weight excluding hydrogens is 316 g/mol. The molecule has 2 aromatic heterocycles. The Morgan fingerprint density at radius 2 is 2.13 bits per heavy atom. The normalized spacial score (nSPS) is 17.0. The Balaban J connectivity index is 1.60. The fraction of sp³-hybridized carbons (Fsp3) is 0.571. The number of pyridine rings is 1. The number of piperidine rings is 1. The second kappa shape index (κ2) is 6.42. The van der Waals surface area contributed by atoms with Gasteiger partial charge in [-0.25, -0.2) is 14.8 Å². The number of nitrogens with one attached hydrogen (secondary N) is 1. The summed E-state index contributed by atoms with van der Waals surface area (Å²) in [5, 5.41) is 10.3. The van der Waals surface area contributed by atoms with Crippen LogP contribution in [-0.4, -0.2) is 42.8 Å². The van der Waals surface area contributed by atoms with Gasteiger partial charge in [0, 0.05) is 32.9 Å². The number of aromatic nitrogens is 3. The molecule has 0 aromatic carbocycles. The van der Waals surface area contributed by atoms with E-state index >= 15 is 0 Å². The predicted molar refractivity (Wildman–Crippen MR) is 89.2 cm³/mol. The fourth-order valence-corrected chi connectivity index (χ4v) is 3.58. The molecule has 8 nitrogen and oxygen atoms in total. The smallest absolute Gasteiger partial charge is 0.274 e. The molecule has 9 heteroatoms. The molecule has 1 aliphatic heterocycles. The van der Waals surface area contributed by atoms with Crippen LogP contribution in [0.1, 0.15) is 19.3 Å². The lowest BCUT2D eigenvalue weighted by Crippen LogP contribution is -2.36. The van der Waals surface area contributed by atoms with Crippen LogP contribution in [0.25, 0.3) is 11.0 Å². The number of nitrogens with two attached hydrogens (primary N) is 1. The molecule has 0 amide bonds. The molecule has 23 heavy (non-hydrogen) atoms. The molecule has 0 radical (unpaired) electrons. The number of aryl methyl sites for hydroxylation is 1. The van der Waals surface area contributed by atoms with E-state index in [9.17, 15) is 8.42 Å². The second-order valence-corrected chi connectivity index (χ2v) is 7.37. The van der Waals surface area contributed by atoms with Gasteiger partial charge in [-0.05, 0) is 31.2 Å². The molecule has 1 saturated heterocycles. The van der Waals surface area contributed by atoms with E-state index in [1.54, 1.807) is 4.68 Å². The summed E-state index contributed by atoms with van der Waals surface area (Å²) in [6, 6.07) is 2.03. The van der Waals surface area contributed by atoms with E-state index in [0.717, 1.165) is 43.4 Å². The van der Waals surface area contributed by atoms with E-state index in [2.05, 4.69) is 19.7 Å². The van der Waals surface area contributed by atoms with Crippen molar-refractivity contribution in [3.63, 3.8) is 0 Å². The van der Waals surface area contributed by atoms with Crippen molar-refractivity contribution < 1.29 is 8.42 Å². The maximum Gasteiger partial charge on any atom is 0.274 e. The van der Waals surface area contributed by atoms with E-state index in [1.165, 1.54) is 5.69 Å². The number of rotatable bonds is 5. The number of anilines is 1. The van der Waals surface area contributed by atoms with Gasteiger partial charge in [-0.1, -0.05) is 0 Å². The summed E-state index contributed by atoms with van der Waals surface area (Å²) in [7, 11) is -1.68. The molecule has 0 saturated carbocycles. The van der Waals surface area contributed by atoms with Crippen LogP contribution in [0.2, 0.25) is 0 Å². The lowest BCUT2D eigenvalue weighted by Gasteiger charge is -2.33. The number of hydrogen-bond donors (Lipinski definition) is 2. The van der Waals surface area contributed by atoms with Crippen molar-refractivity contribution in [2.24, 2.45) is 18.1 Å². The van der Waals surface area contributed by atoms with E-state index in [-0.39, 0.29) is 0 Å². The third kappa shape index (κ3) is 3.80. The standard InChI is InChI=1S/C14H22N6O2S/c1-19-14-12(10-17-19)13(3-6-16-14)20-8-4-11(5-9-20)2-7-18-23(15,21)22/h3,6,10-11,18H,2,4-5,7-9H2,1H3,(H2,15,21,22). The van der Waals surface area contributed by atoms with Crippen LogP contribution in [0.5, 0.6) is 0 Å². The SMILES string of the molecule is Cn1ncc2c(N3CCC(CCNS(N)(=O)=O)CC3)ccnc21. The molecule has 1 fully saturated rings. The Bertz CT molecular complexity index is 780. The van der Waals surface area contributed by atoms with Crippen LogP contribution >= 0.6 is 0 Å². The van der Waals surface area contributed by atoms with Gasteiger partial charge < -0.3 is 4.90 Å². The van der Waals surface area contributed by atoms with E-state index in [0.29, 0.717) is 12.5 Å². The molecule has 1 aliphatic rings. The zero-order valence-corrected chi connectivity index (χ0v) is 14.0. The summed E-state index contributed by atoms with van der Waals surface area (Å²) in [5.74, 6) is 0.520. The van der Waals surface area contributed by atoms with Crippen molar-refractivity contribution in [2.45, 2.75) is 19.3 Å². The van der Waals surface area contributed by atoms with Gasteiger partial charge in [0.15, 0.2) is 5.65 Å². The first-order valence-electron chi connectivity index (χ1n) is 7.73. The lowest BCUT2D eigenvalue weighted by atomic mass is 9.93. The maximum atomic E-state index is 10.9. The van der Waals surface area contributed by atoms with E-state index < -0.39 is 10.2 Å². The number of hydrogen-bond acceptors (Lipinski definition) is 5. The monoisotopic (exact) mass is 338 g/mol. The van der Waals surface area contributed by atoms with Crippen LogP contribution in [0, 0.1) is 5.92 Å². The molecule has 3 heterocycles. The van der Waals surface area contributed by atoms with Crippen molar-refractivity contribution in [1.82, 2.24) is 19.5 Å². The highest BCUT2D eigenvalue weighted by molar-refractivity contribution is 7.87. The first-order valence-corrected chi connectivity index (χ1v) is 9.28. The summed E-state index contributed by atoms with van der Waals surface area (Å²) >= 11 is 0. The molecule has 0 bridgehead atoms. The maximum absolute atomic E-state index is 10.9. The number of fused-ring (bicyclic) bond motifs is 1. The first-order chi connectivity index (χ1) is 10.9. The average molecular weight is 338 g/mol. The highest BCUT2D eigenvalue weighted by atomic mass is 32.2. The zero-order chi connectivity index (χ0) is 16.4. The molecule has 0 unspecified atom stereocenters. The Labute approximate surface area is 135 Å². The van der Waals surface area contributed by atoms with E-state index in [4.69, 9.17) is 5.14 Å². The summed E-state index contributed by atoms with van der Waals surface area (Å²) in [4.78, 5) is 6.73. The Kier molecular flexibility index (Phi) is 4.51. The van der Waals surface area contributed by atoms with Gasteiger partial charge in [0.05, 0.1) is 17.3 Å². The minimum Gasteiger partial charge on any atom is -0.371 e. The van der Waals surface area contributed by atoms with Gasteiger partial charge in [0.2, 0.25) is 0 Å². The summed E-state index contributed by atoms with van der Waals surface area (Å²) < 4.78 is 25.9. The molecular formula is C14H22N6O2S. The largest absolute Gasteiger partial charge is 0.371 e. The number of nitrogens with zero attached hydrogens (tertiary/aromatic N) is 4. The topological polar surface area (TPSA) is 106 Å². The van der Waals surface area contributed by atoms with Gasteiger partial charge in [-0.3, -0.25) is 4.68 Å². The fourth-order valence-electron chi connectivity index (χ4n) is 3.18. The molecule has 0 atom stereocenters. The van der Waals surface area contributed by atoms with Crippen molar-refractivity contribution in [1.29, 1.82) is 0 Å². The van der Waals surface area contributed by atoms with Crippen molar-refractivity contribution in [2.75, 3.05) is 24.5 Å².